The third-order valence-electron chi connectivity index (χ3n) is 5.43. The summed E-state index contributed by atoms with van der Waals surface area (Å²) in [7, 11) is 0. The van der Waals surface area contributed by atoms with E-state index in [1.54, 1.807) is 0 Å². The molecule has 2 aliphatic rings. The van der Waals surface area contributed by atoms with Crippen LogP contribution in [0.1, 0.15) is 43.7 Å². The monoisotopic (exact) mass is 354 g/mol. The van der Waals surface area contributed by atoms with Crippen molar-refractivity contribution in [3.8, 4) is 0 Å². The molecule has 0 radical (unpaired) electrons. The van der Waals surface area contributed by atoms with Gasteiger partial charge in [0.1, 0.15) is 0 Å². The number of hydrogen-bond donors (Lipinski definition) is 2. The number of aryl methyl sites for hydroxylation is 1. The predicted molar refractivity (Wildman–Crippen MR) is 110 cm³/mol. The number of rotatable bonds is 6. The molecule has 2 N–H and O–H groups in total. The van der Waals surface area contributed by atoms with Gasteiger partial charge < -0.3 is 10.6 Å². The van der Waals surface area contributed by atoms with Crippen molar-refractivity contribution in [1.82, 2.24) is 15.5 Å². The number of nitrogens with one attached hydrogen (secondary N) is 2. The van der Waals surface area contributed by atoms with E-state index in [-0.39, 0.29) is 0 Å². The van der Waals surface area contributed by atoms with E-state index in [2.05, 4.69) is 65.8 Å². The van der Waals surface area contributed by atoms with Crippen molar-refractivity contribution >= 4 is 5.96 Å². The van der Waals surface area contributed by atoms with E-state index in [4.69, 9.17) is 4.99 Å². The van der Waals surface area contributed by atoms with Gasteiger partial charge in [0, 0.05) is 25.7 Å². The number of nitrogens with zero attached hydrogens (tertiary/aromatic N) is 2. The van der Waals surface area contributed by atoms with Crippen molar-refractivity contribution in [2.24, 2.45) is 10.9 Å². The molecule has 3 rings (SSSR count). The lowest BCUT2D eigenvalue weighted by molar-refractivity contribution is 0.180. The van der Waals surface area contributed by atoms with Crippen molar-refractivity contribution < 1.29 is 0 Å². The Morgan fingerprint density at radius 2 is 1.81 bits per heavy atom. The van der Waals surface area contributed by atoms with Crippen LogP contribution in [0.5, 0.6) is 0 Å². The zero-order valence-electron chi connectivity index (χ0n) is 16.4. The summed E-state index contributed by atoms with van der Waals surface area (Å²) in [6.07, 6.45) is 9.24. The van der Waals surface area contributed by atoms with Gasteiger partial charge in [-0.05, 0) is 64.1 Å². The molecule has 1 aliphatic heterocycles. The molecule has 0 bridgehead atoms. The summed E-state index contributed by atoms with van der Waals surface area (Å²) < 4.78 is 0. The van der Waals surface area contributed by atoms with Crippen molar-refractivity contribution in [2.75, 3.05) is 26.2 Å². The zero-order chi connectivity index (χ0) is 18.2. The minimum absolute atomic E-state index is 0.518. The van der Waals surface area contributed by atoms with Gasteiger partial charge in [0.2, 0.25) is 0 Å². The van der Waals surface area contributed by atoms with Crippen LogP contribution in [0.4, 0.5) is 0 Å². The average Bonchev–Trinajstić information content (AvgIpc) is 3.16. The molecule has 4 heteroatoms. The number of aliphatic imine (C=N–C) groups is 1. The van der Waals surface area contributed by atoms with Gasteiger partial charge in [-0.15, -0.1) is 0 Å². The molecular weight excluding hydrogens is 320 g/mol. The molecule has 4 nitrogen and oxygen atoms in total. The van der Waals surface area contributed by atoms with Gasteiger partial charge in [-0.1, -0.05) is 42.0 Å². The van der Waals surface area contributed by atoms with Crippen LogP contribution in [0.3, 0.4) is 0 Å². The first kappa shape index (κ1) is 19.0. The zero-order valence-corrected chi connectivity index (χ0v) is 16.4. The van der Waals surface area contributed by atoms with Gasteiger partial charge in [-0.2, -0.15) is 0 Å². The minimum atomic E-state index is 0.518. The molecule has 1 aromatic rings. The molecule has 0 unspecified atom stereocenters. The van der Waals surface area contributed by atoms with Crippen LogP contribution in [-0.4, -0.2) is 43.1 Å². The highest BCUT2D eigenvalue weighted by atomic mass is 15.2. The Morgan fingerprint density at radius 1 is 1.12 bits per heavy atom. The van der Waals surface area contributed by atoms with Crippen LogP contribution in [0.15, 0.2) is 41.4 Å². The van der Waals surface area contributed by atoms with E-state index >= 15 is 0 Å². The van der Waals surface area contributed by atoms with Crippen LogP contribution in [0, 0.1) is 12.8 Å². The molecule has 1 saturated heterocycles. The van der Waals surface area contributed by atoms with Gasteiger partial charge in [0.15, 0.2) is 5.96 Å². The first-order valence-corrected chi connectivity index (χ1v) is 10.2. The summed E-state index contributed by atoms with van der Waals surface area (Å²) in [5.41, 5.74) is 2.76. The molecule has 26 heavy (non-hydrogen) atoms. The molecule has 0 saturated carbocycles. The largest absolute Gasteiger partial charge is 0.357 e. The lowest BCUT2D eigenvalue weighted by Crippen LogP contribution is -2.43. The second-order valence-corrected chi connectivity index (χ2v) is 7.71. The number of piperidine rings is 1. The highest BCUT2D eigenvalue weighted by molar-refractivity contribution is 5.80. The SMILES string of the molecule is CCNC(=NCC1CCN(Cc2ccc(C)cc2)CC1)NC1CC=CC1. The lowest BCUT2D eigenvalue weighted by atomic mass is 9.96. The van der Waals surface area contributed by atoms with E-state index in [1.165, 1.54) is 37.1 Å². The van der Waals surface area contributed by atoms with Gasteiger partial charge >= 0.3 is 0 Å². The normalized spacial score (nSPS) is 19.8. The summed E-state index contributed by atoms with van der Waals surface area (Å²) in [6.45, 7) is 9.59. The molecule has 1 aromatic carbocycles. The molecule has 1 fully saturated rings. The fraction of sp³-hybridized carbons (Fsp3) is 0.591. The maximum Gasteiger partial charge on any atom is 0.191 e. The third kappa shape index (κ3) is 5.87. The van der Waals surface area contributed by atoms with Crippen molar-refractivity contribution in [2.45, 2.75) is 52.1 Å². The van der Waals surface area contributed by atoms with E-state index in [0.717, 1.165) is 38.4 Å². The molecule has 0 spiro atoms. The first-order valence-electron chi connectivity index (χ1n) is 10.2. The number of likely N-dealkylation sites (tertiary alicyclic amines) is 1. The molecule has 1 heterocycles. The fourth-order valence-corrected chi connectivity index (χ4v) is 3.75. The molecular formula is C22H34N4. The summed E-state index contributed by atoms with van der Waals surface area (Å²) in [6, 6.07) is 9.47. The maximum atomic E-state index is 4.87. The number of guanidine groups is 1. The Bertz CT molecular complexity index is 589. The Balaban J connectivity index is 1.42. The smallest absolute Gasteiger partial charge is 0.191 e. The van der Waals surface area contributed by atoms with Crippen molar-refractivity contribution in [3.05, 3.63) is 47.5 Å². The van der Waals surface area contributed by atoms with Crippen LogP contribution < -0.4 is 10.6 Å². The Morgan fingerprint density at radius 3 is 2.46 bits per heavy atom. The second-order valence-electron chi connectivity index (χ2n) is 7.71. The van der Waals surface area contributed by atoms with Crippen LogP contribution >= 0.6 is 0 Å². The standard InChI is InChI=1S/C22H34N4/c1-3-23-22(25-21-6-4-5-7-21)24-16-19-12-14-26(15-13-19)17-20-10-8-18(2)9-11-20/h4-5,8-11,19,21H,3,6-7,12-17H2,1-2H3,(H2,23,24,25). The van der Waals surface area contributed by atoms with Crippen LogP contribution in [-0.2, 0) is 6.54 Å². The number of hydrogen-bond acceptors (Lipinski definition) is 2. The Hall–Kier alpha value is -1.81. The molecule has 0 amide bonds. The summed E-state index contributed by atoms with van der Waals surface area (Å²) in [5, 5.41) is 6.96. The van der Waals surface area contributed by atoms with Crippen molar-refractivity contribution in [1.29, 1.82) is 0 Å². The van der Waals surface area contributed by atoms with E-state index in [0.29, 0.717) is 12.0 Å². The maximum absolute atomic E-state index is 4.87. The molecule has 142 valence electrons. The Labute approximate surface area is 158 Å². The fourth-order valence-electron chi connectivity index (χ4n) is 3.75. The average molecular weight is 355 g/mol. The second kappa shape index (κ2) is 9.77. The highest BCUT2D eigenvalue weighted by Gasteiger charge is 2.19. The van der Waals surface area contributed by atoms with Gasteiger partial charge in [-0.25, -0.2) is 0 Å². The third-order valence-corrected chi connectivity index (χ3v) is 5.43. The first-order chi connectivity index (χ1) is 12.7. The molecule has 0 atom stereocenters. The molecule has 1 aliphatic carbocycles. The Kier molecular flexibility index (Phi) is 7.13. The van der Waals surface area contributed by atoms with Gasteiger partial charge in [0.25, 0.3) is 0 Å². The van der Waals surface area contributed by atoms with E-state index in [9.17, 15) is 0 Å². The lowest BCUT2D eigenvalue weighted by Gasteiger charge is -2.31. The van der Waals surface area contributed by atoms with Crippen LogP contribution in [0.25, 0.3) is 0 Å². The summed E-state index contributed by atoms with van der Waals surface area (Å²) in [5.74, 6) is 1.70. The minimum Gasteiger partial charge on any atom is -0.357 e. The topological polar surface area (TPSA) is 39.7 Å². The highest BCUT2D eigenvalue weighted by Crippen LogP contribution is 2.19. The number of benzene rings is 1. The quantitative estimate of drug-likeness (QED) is 0.467. The summed E-state index contributed by atoms with van der Waals surface area (Å²) in [4.78, 5) is 7.45. The molecule has 0 aromatic heterocycles. The summed E-state index contributed by atoms with van der Waals surface area (Å²) >= 11 is 0. The van der Waals surface area contributed by atoms with Crippen LogP contribution in [0.2, 0.25) is 0 Å². The van der Waals surface area contributed by atoms with E-state index in [1.807, 2.05) is 0 Å². The predicted octanol–water partition coefficient (Wildman–Crippen LogP) is 3.48. The van der Waals surface area contributed by atoms with Gasteiger partial charge in [-0.3, -0.25) is 9.89 Å². The van der Waals surface area contributed by atoms with E-state index < -0.39 is 0 Å². The van der Waals surface area contributed by atoms with Crippen molar-refractivity contribution in [3.63, 3.8) is 0 Å². The van der Waals surface area contributed by atoms with Gasteiger partial charge in [0.05, 0.1) is 0 Å².